The van der Waals surface area contributed by atoms with Crippen LogP contribution in [0.15, 0.2) is 12.5 Å². The van der Waals surface area contributed by atoms with Gasteiger partial charge >= 0.3 is 0 Å². The van der Waals surface area contributed by atoms with Crippen molar-refractivity contribution in [2.75, 3.05) is 6.54 Å². The Morgan fingerprint density at radius 2 is 2.35 bits per heavy atom. The number of nitrogens with two attached hydrogens (primary N) is 1. The molecule has 2 rings (SSSR count). The first-order valence-corrected chi connectivity index (χ1v) is 6.14. The Morgan fingerprint density at radius 3 is 2.88 bits per heavy atom. The van der Waals surface area contributed by atoms with E-state index in [1.165, 1.54) is 12.8 Å². The third-order valence-corrected chi connectivity index (χ3v) is 2.95. The average molecular weight is 236 g/mol. The standard InChI is InChI=1S/C12H20N4O/c1-8(2)5-15-11(12(13)17)10-6-14-7-16(10)9-3-4-9/h6-9,11,15H,3-5H2,1-2H3,(H2,13,17). The van der Waals surface area contributed by atoms with Crippen LogP contribution in [0, 0.1) is 5.92 Å². The number of hydrogen-bond donors (Lipinski definition) is 2. The van der Waals surface area contributed by atoms with Crippen LogP contribution in [0.5, 0.6) is 0 Å². The van der Waals surface area contributed by atoms with Crippen LogP contribution in [0.25, 0.3) is 0 Å². The fourth-order valence-corrected chi connectivity index (χ4v) is 1.90. The lowest BCUT2D eigenvalue weighted by atomic mass is 10.1. The minimum Gasteiger partial charge on any atom is -0.368 e. The summed E-state index contributed by atoms with van der Waals surface area (Å²) >= 11 is 0. The van der Waals surface area contributed by atoms with Crippen molar-refractivity contribution in [2.24, 2.45) is 11.7 Å². The summed E-state index contributed by atoms with van der Waals surface area (Å²) in [6, 6.07) is 0.0794. The normalized spacial score (nSPS) is 17.4. The van der Waals surface area contributed by atoms with Crippen molar-refractivity contribution in [3.63, 3.8) is 0 Å². The highest BCUT2D eigenvalue weighted by Crippen LogP contribution is 2.36. The van der Waals surface area contributed by atoms with E-state index in [4.69, 9.17) is 5.73 Å². The number of imidazole rings is 1. The second kappa shape index (κ2) is 4.87. The quantitative estimate of drug-likeness (QED) is 0.773. The molecule has 1 aliphatic carbocycles. The maximum absolute atomic E-state index is 11.5. The number of amides is 1. The molecule has 0 bridgehead atoms. The van der Waals surface area contributed by atoms with E-state index in [1.54, 1.807) is 12.5 Å². The predicted molar refractivity (Wildman–Crippen MR) is 65.3 cm³/mol. The zero-order chi connectivity index (χ0) is 12.4. The molecule has 0 radical (unpaired) electrons. The molecule has 1 aromatic rings. The molecule has 1 amide bonds. The van der Waals surface area contributed by atoms with Gasteiger partial charge in [-0.3, -0.25) is 4.79 Å². The number of aromatic nitrogens is 2. The van der Waals surface area contributed by atoms with Crippen molar-refractivity contribution in [1.29, 1.82) is 0 Å². The number of carbonyl (C=O) groups excluding carboxylic acids is 1. The van der Waals surface area contributed by atoms with Gasteiger partial charge in [0.1, 0.15) is 6.04 Å². The fourth-order valence-electron chi connectivity index (χ4n) is 1.90. The predicted octanol–water partition coefficient (Wildman–Crippen LogP) is 0.990. The highest BCUT2D eigenvalue weighted by atomic mass is 16.1. The topological polar surface area (TPSA) is 72.9 Å². The van der Waals surface area contributed by atoms with Crippen molar-refractivity contribution in [3.8, 4) is 0 Å². The van der Waals surface area contributed by atoms with E-state index in [0.29, 0.717) is 12.0 Å². The molecule has 1 atom stereocenters. The zero-order valence-corrected chi connectivity index (χ0v) is 10.4. The Labute approximate surface area is 101 Å². The lowest BCUT2D eigenvalue weighted by Gasteiger charge is -2.18. The van der Waals surface area contributed by atoms with E-state index in [1.807, 2.05) is 0 Å². The first-order valence-electron chi connectivity index (χ1n) is 6.14. The van der Waals surface area contributed by atoms with Crippen molar-refractivity contribution in [1.82, 2.24) is 14.9 Å². The van der Waals surface area contributed by atoms with Crippen LogP contribution in [0.1, 0.15) is 44.5 Å². The van der Waals surface area contributed by atoms with E-state index in [9.17, 15) is 4.79 Å². The van der Waals surface area contributed by atoms with Gasteiger partial charge in [0.05, 0.1) is 18.2 Å². The van der Waals surface area contributed by atoms with Gasteiger partial charge in [-0.25, -0.2) is 4.98 Å². The molecule has 1 aliphatic rings. The third-order valence-electron chi connectivity index (χ3n) is 2.95. The summed E-state index contributed by atoms with van der Waals surface area (Å²) in [7, 11) is 0. The number of carbonyl (C=O) groups is 1. The van der Waals surface area contributed by atoms with Crippen LogP contribution >= 0.6 is 0 Å². The van der Waals surface area contributed by atoms with Crippen molar-refractivity contribution < 1.29 is 4.79 Å². The molecular formula is C12H20N4O. The van der Waals surface area contributed by atoms with Gasteiger partial charge in [0.2, 0.25) is 5.91 Å². The lowest BCUT2D eigenvalue weighted by Crippen LogP contribution is -2.36. The minimum atomic E-state index is -0.430. The molecule has 3 N–H and O–H groups in total. The summed E-state index contributed by atoms with van der Waals surface area (Å²) in [5.74, 6) is 0.141. The van der Waals surface area contributed by atoms with Crippen LogP contribution in [0.4, 0.5) is 0 Å². The summed E-state index contributed by atoms with van der Waals surface area (Å²) in [4.78, 5) is 15.7. The molecular weight excluding hydrogens is 216 g/mol. The number of nitrogens with zero attached hydrogens (tertiary/aromatic N) is 2. The first-order chi connectivity index (χ1) is 8.09. The maximum atomic E-state index is 11.5. The average Bonchev–Trinajstić information content (AvgIpc) is 2.98. The number of nitrogens with one attached hydrogen (secondary N) is 1. The van der Waals surface area contributed by atoms with E-state index in [2.05, 4.69) is 28.7 Å². The van der Waals surface area contributed by atoms with E-state index in [0.717, 1.165) is 12.2 Å². The SMILES string of the molecule is CC(C)CNC(C(N)=O)c1cncn1C1CC1. The second-order valence-corrected chi connectivity index (χ2v) is 5.09. The lowest BCUT2D eigenvalue weighted by molar-refractivity contribution is -0.120. The summed E-state index contributed by atoms with van der Waals surface area (Å²) in [6.45, 7) is 4.97. The summed E-state index contributed by atoms with van der Waals surface area (Å²) in [5.41, 5.74) is 6.35. The smallest absolute Gasteiger partial charge is 0.240 e. The van der Waals surface area contributed by atoms with Gasteiger partial charge in [-0.2, -0.15) is 0 Å². The van der Waals surface area contributed by atoms with Crippen molar-refractivity contribution >= 4 is 5.91 Å². The van der Waals surface area contributed by atoms with Gasteiger partial charge in [0.15, 0.2) is 0 Å². The van der Waals surface area contributed by atoms with E-state index < -0.39 is 6.04 Å². The fraction of sp³-hybridized carbons (Fsp3) is 0.667. The molecule has 5 nitrogen and oxygen atoms in total. The van der Waals surface area contributed by atoms with Crippen LogP contribution in [-0.2, 0) is 4.79 Å². The van der Waals surface area contributed by atoms with Crippen LogP contribution in [0.3, 0.4) is 0 Å². The molecule has 0 spiro atoms. The van der Waals surface area contributed by atoms with Crippen LogP contribution in [0.2, 0.25) is 0 Å². The van der Waals surface area contributed by atoms with Gasteiger partial charge in [-0.05, 0) is 25.3 Å². The molecule has 0 aromatic carbocycles. The molecule has 1 heterocycles. The Kier molecular flexibility index (Phi) is 3.47. The number of primary amides is 1. The summed E-state index contributed by atoms with van der Waals surface area (Å²) in [6.07, 6.45) is 5.86. The molecule has 1 aromatic heterocycles. The van der Waals surface area contributed by atoms with Gasteiger partial charge in [0.25, 0.3) is 0 Å². The monoisotopic (exact) mass is 236 g/mol. The van der Waals surface area contributed by atoms with Gasteiger partial charge in [-0.15, -0.1) is 0 Å². The van der Waals surface area contributed by atoms with E-state index >= 15 is 0 Å². The van der Waals surface area contributed by atoms with Crippen LogP contribution in [-0.4, -0.2) is 22.0 Å². The minimum absolute atomic E-state index is 0.340. The van der Waals surface area contributed by atoms with Gasteiger partial charge in [-0.1, -0.05) is 13.8 Å². The molecule has 1 unspecified atom stereocenters. The second-order valence-electron chi connectivity index (χ2n) is 5.09. The zero-order valence-electron chi connectivity index (χ0n) is 10.4. The maximum Gasteiger partial charge on any atom is 0.240 e. The molecule has 1 saturated carbocycles. The highest BCUT2D eigenvalue weighted by Gasteiger charge is 2.29. The van der Waals surface area contributed by atoms with Gasteiger partial charge < -0.3 is 15.6 Å². The van der Waals surface area contributed by atoms with Gasteiger partial charge in [0, 0.05) is 6.04 Å². The third kappa shape index (κ3) is 2.85. The summed E-state index contributed by atoms with van der Waals surface area (Å²) in [5, 5.41) is 3.21. The van der Waals surface area contributed by atoms with Crippen molar-refractivity contribution in [3.05, 3.63) is 18.2 Å². The van der Waals surface area contributed by atoms with Crippen LogP contribution < -0.4 is 11.1 Å². The van der Waals surface area contributed by atoms with E-state index in [-0.39, 0.29) is 5.91 Å². The molecule has 17 heavy (non-hydrogen) atoms. The largest absolute Gasteiger partial charge is 0.368 e. The molecule has 5 heteroatoms. The molecule has 0 aliphatic heterocycles. The van der Waals surface area contributed by atoms with Crippen molar-refractivity contribution in [2.45, 2.75) is 38.8 Å². The first kappa shape index (κ1) is 12.1. The Morgan fingerprint density at radius 1 is 1.65 bits per heavy atom. The highest BCUT2D eigenvalue weighted by molar-refractivity contribution is 5.80. The molecule has 0 saturated heterocycles. The molecule has 94 valence electrons. The summed E-state index contributed by atoms with van der Waals surface area (Å²) < 4.78 is 2.07. The Balaban J connectivity index is 2.13. The Bertz CT molecular complexity index is 395. The molecule has 1 fully saturated rings. The number of rotatable bonds is 6. The Hall–Kier alpha value is -1.36. The number of hydrogen-bond acceptors (Lipinski definition) is 3.